The van der Waals surface area contributed by atoms with Crippen molar-refractivity contribution < 1.29 is 12.6 Å². The second kappa shape index (κ2) is 5.98. The normalized spacial score (nSPS) is 24.1. The van der Waals surface area contributed by atoms with Crippen molar-refractivity contribution in [2.75, 3.05) is 23.9 Å². The summed E-state index contributed by atoms with van der Waals surface area (Å²) in [6.45, 7) is 0. The van der Waals surface area contributed by atoms with E-state index in [0.29, 0.717) is 30.0 Å². The molecule has 0 atom stereocenters. The van der Waals surface area contributed by atoms with E-state index in [1.54, 1.807) is 19.2 Å². The lowest BCUT2D eigenvalue weighted by Gasteiger charge is -2.22. The summed E-state index contributed by atoms with van der Waals surface area (Å²) in [4.78, 5) is 3.93. The molecular formula is C11H17N3O3S2. The fourth-order valence-corrected chi connectivity index (χ4v) is 4.73. The Morgan fingerprint density at radius 3 is 2.68 bits per heavy atom. The molecule has 0 bridgehead atoms. The molecule has 2 N–H and O–H groups in total. The molecule has 1 aliphatic rings. The van der Waals surface area contributed by atoms with Crippen molar-refractivity contribution in [3.8, 4) is 0 Å². The van der Waals surface area contributed by atoms with Gasteiger partial charge in [0.1, 0.15) is 0 Å². The summed E-state index contributed by atoms with van der Waals surface area (Å²) in [5.41, 5.74) is 0.467. The lowest BCUT2D eigenvalue weighted by Crippen LogP contribution is -2.40. The van der Waals surface area contributed by atoms with E-state index in [4.69, 9.17) is 0 Å². The molecule has 1 aromatic rings. The van der Waals surface area contributed by atoms with E-state index < -0.39 is 20.8 Å². The van der Waals surface area contributed by atoms with E-state index in [9.17, 15) is 12.6 Å². The van der Waals surface area contributed by atoms with E-state index in [1.807, 2.05) is 0 Å². The zero-order chi connectivity index (χ0) is 13.9. The van der Waals surface area contributed by atoms with Crippen LogP contribution in [0.5, 0.6) is 0 Å². The van der Waals surface area contributed by atoms with Crippen molar-refractivity contribution in [2.45, 2.75) is 23.9 Å². The van der Waals surface area contributed by atoms with Crippen LogP contribution in [-0.4, -0.2) is 42.2 Å². The fourth-order valence-electron chi connectivity index (χ4n) is 1.98. The van der Waals surface area contributed by atoms with Gasteiger partial charge in [0, 0.05) is 41.6 Å². The average Bonchev–Trinajstić information content (AvgIpc) is 2.41. The highest BCUT2D eigenvalue weighted by Crippen LogP contribution is 2.19. The lowest BCUT2D eigenvalue weighted by atomic mass is 10.2. The Hall–Kier alpha value is -0.990. The molecule has 0 radical (unpaired) electrons. The van der Waals surface area contributed by atoms with Gasteiger partial charge in [0.2, 0.25) is 0 Å². The van der Waals surface area contributed by atoms with Gasteiger partial charge in [-0.3, -0.25) is 4.21 Å². The minimum absolute atomic E-state index is 0.00389. The number of rotatable bonds is 4. The largest absolute Gasteiger partial charge is 0.386 e. The average molecular weight is 303 g/mol. The number of hydrogen-bond acceptors (Lipinski definition) is 5. The van der Waals surface area contributed by atoms with Crippen molar-refractivity contribution in [3.63, 3.8) is 0 Å². The number of nitrogens with zero attached hydrogens (tertiary/aromatic N) is 1. The minimum Gasteiger partial charge on any atom is -0.386 e. The van der Waals surface area contributed by atoms with Gasteiger partial charge in [-0.05, 0) is 25.0 Å². The van der Waals surface area contributed by atoms with Gasteiger partial charge in [0.05, 0.1) is 5.69 Å². The van der Waals surface area contributed by atoms with E-state index in [-0.39, 0.29) is 11.1 Å². The van der Waals surface area contributed by atoms with Gasteiger partial charge >= 0.3 is 0 Å². The number of nitrogens with one attached hydrogen (secondary N) is 2. The topological polar surface area (TPSA) is 88.2 Å². The van der Waals surface area contributed by atoms with Crippen LogP contribution in [-0.2, 0) is 20.8 Å². The molecule has 0 amide bonds. The van der Waals surface area contributed by atoms with Crippen molar-refractivity contribution in [2.24, 2.45) is 0 Å². The molecule has 2 heterocycles. The Morgan fingerprint density at radius 2 is 2.05 bits per heavy atom. The van der Waals surface area contributed by atoms with E-state index in [2.05, 4.69) is 15.0 Å². The molecule has 8 heteroatoms. The molecule has 1 aliphatic heterocycles. The van der Waals surface area contributed by atoms with Crippen LogP contribution >= 0.6 is 0 Å². The SMILES string of the molecule is CNc1cccnc1S(=O)(=O)NC1CCS(=O)CC1. The van der Waals surface area contributed by atoms with Crippen LogP contribution in [0.4, 0.5) is 5.69 Å². The molecule has 0 spiro atoms. The third-order valence-corrected chi connectivity index (χ3v) is 5.86. The maximum Gasteiger partial charge on any atom is 0.260 e. The predicted molar refractivity (Wildman–Crippen MR) is 75.0 cm³/mol. The second-order valence-electron chi connectivity index (χ2n) is 4.35. The predicted octanol–water partition coefficient (Wildman–Crippen LogP) is 0.313. The van der Waals surface area contributed by atoms with Gasteiger partial charge in [-0.25, -0.2) is 18.1 Å². The summed E-state index contributed by atoms with van der Waals surface area (Å²) >= 11 is 0. The second-order valence-corrected chi connectivity index (χ2v) is 7.68. The van der Waals surface area contributed by atoms with E-state index in [1.165, 1.54) is 6.20 Å². The smallest absolute Gasteiger partial charge is 0.260 e. The van der Waals surface area contributed by atoms with Gasteiger partial charge in [-0.1, -0.05) is 0 Å². The third-order valence-electron chi connectivity index (χ3n) is 3.00. The summed E-state index contributed by atoms with van der Waals surface area (Å²) in [6.07, 6.45) is 2.66. The first-order valence-electron chi connectivity index (χ1n) is 6.03. The zero-order valence-corrected chi connectivity index (χ0v) is 12.3. The third kappa shape index (κ3) is 3.52. The van der Waals surface area contributed by atoms with Crippen LogP contribution in [0.2, 0.25) is 0 Å². The Labute approximate surface area is 115 Å². The first kappa shape index (κ1) is 14.4. The number of hydrogen-bond donors (Lipinski definition) is 2. The van der Waals surface area contributed by atoms with Gasteiger partial charge in [0.25, 0.3) is 10.0 Å². The van der Waals surface area contributed by atoms with Crippen LogP contribution < -0.4 is 10.0 Å². The number of pyridine rings is 1. The van der Waals surface area contributed by atoms with Crippen molar-refractivity contribution in [1.82, 2.24) is 9.71 Å². The van der Waals surface area contributed by atoms with Crippen LogP contribution in [0.1, 0.15) is 12.8 Å². The van der Waals surface area contributed by atoms with Gasteiger partial charge in [-0.15, -0.1) is 0 Å². The van der Waals surface area contributed by atoms with Crippen LogP contribution in [0.3, 0.4) is 0 Å². The van der Waals surface area contributed by atoms with Crippen LogP contribution in [0.15, 0.2) is 23.4 Å². The molecule has 0 saturated carbocycles. The number of anilines is 1. The quantitative estimate of drug-likeness (QED) is 0.836. The van der Waals surface area contributed by atoms with Gasteiger partial charge < -0.3 is 5.32 Å². The highest BCUT2D eigenvalue weighted by atomic mass is 32.2. The monoisotopic (exact) mass is 303 g/mol. The first-order valence-corrected chi connectivity index (χ1v) is 9.00. The molecule has 1 fully saturated rings. The molecular weight excluding hydrogens is 286 g/mol. The molecule has 0 aromatic carbocycles. The fraction of sp³-hybridized carbons (Fsp3) is 0.545. The molecule has 6 nitrogen and oxygen atoms in total. The zero-order valence-electron chi connectivity index (χ0n) is 10.6. The summed E-state index contributed by atoms with van der Waals surface area (Å²) in [7, 11) is -2.79. The summed E-state index contributed by atoms with van der Waals surface area (Å²) in [5, 5.41) is 2.82. The Morgan fingerprint density at radius 1 is 1.37 bits per heavy atom. The van der Waals surface area contributed by atoms with Crippen LogP contribution in [0.25, 0.3) is 0 Å². The van der Waals surface area contributed by atoms with E-state index >= 15 is 0 Å². The molecule has 0 unspecified atom stereocenters. The molecule has 2 rings (SSSR count). The maximum atomic E-state index is 12.3. The summed E-state index contributed by atoms with van der Waals surface area (Å²) in [5.74, 6) is 1.10. The minimum atomic E-state index is -3.64. The number of aromatic nitrogens is 1. The molecule has 0 aliphatic carbocycles. The first-order chi connectivity index (χ1) is 9.03. The summed E-state index contributed by atoms with van der Waals surface area (Å²) < 4.78 is 38.4. The number of sulfonamides is 1. The van der Waals surface area contributed by atoms with E-state index in [0.717, 1.165) is 0 Å². The van der Waals surface area contributed by atoms with Crippen LogP contribution in [0, 0.1) is 0 Å². The Bertz CT molecular complexity index is 564. The van der Waals surface area contributed by atoms with Crippen molar-refractivity contribution in [1.29, 1.82) is 0 Å². The summed E-state index contributed by atoms with van der Waals surface area (Å²) in [6, 6.07) is 3.18. The maximum absolute atomic E-state index is 12.3. The van der Waals surface area contributed by atoms with Crippen molar-refractivity contribution in [3.05, 3.63) is 18.3 Å². The van der Waals surface area contributed by atoms with Crippen molar-refractivity contribution >= 4 is 26.5 Å². The molecule has 106 valence electrons. The van der Waals surface area contributed by atoms with Gasteiger partial charge in [-0.2, -0.15) is 0 Å². The molecule has 19 heavy (non-hydrogen) atoms. The molecule has 1 saturated heterocycles. The highest BCUT2D eigenvalue weighted by molar-refractivity contribution is 7.89. The molecule has 1 aromatic heterocycles. The lowest BCUT2D eigenvalue weighted by molar-refractivity contribution is 0.520. The standard InChI is InChI=1S/C11H17N3O3S2/c1-12-10-3-2-6-13-11(10)19(16,17)14-9-4-7-18(15)8-5-9/h2-3,6,9,12,14H,4-5,7-8H2,1H3. The Balaban J connectivity index is 2.16. The highest BCUT2D eigenvalue weighted by Gasteiger charge is 2.26. The van der Waals surface area contributed by atoms with Gasteiger partial charge in [0.15, 0.2) is 5.03 Å². The Kier molecular flexibility index (Phi) is 4.54.